The van der Waals surface area contributed by atoms with Crippen molar-refractivity contribution in [1.29, 1.82) is 0 Å². The van der Waals surface area contributed by atoms with Crippen LogP contribution in [0.2, 0.25) is 0 Å². The maximum absolute atomic E-state index is 12.6. The van der Waals surface area contributed by atoms with Gasteiger partial charge in [-0.2, -0.15) is 0 Å². The Labute approximate surface area is 153 Å². The number of amides is 3. The van der Waals surface area contributed by atoms with E-state index >= 15 is 0 Å². The molecule has 5 aliphatic rings. The van der Waals surface area contributed by atoms with Crippen LogP contribution in [0.5, 0.6) is 0 Å². The molecule has 5 rings (SSSR count). The van der Waals surface area contributed by atoms with E-state index in [1.807, 2.05) is 0 Å². The Balaban J connectivity index is 1.14. The van der Waals surface area contributed by atoms with E-state index in [-0.39, 0.29) is 47.4 Å². The maximum atomic E-state index is 12.6. The van der Waals surface area contributed by atoms with Crippen molar-refractivity contribution >= 4 is 17.7 Å². The third-order valence-electron chi connectivity index (χ3n) is 7.38. The molecule has 2 heterocycles. The lowest BCUT2D eigenvalue weighted by Crippen LogP contribution is -2.46. The number of rotatable bonds is 4. The van der Waals surface area contributed by atoms with Crippen LogP contribution in [0.4, 0.5) is 0 Å². The number of nitrogens with one attached hydrogen (secondary N) is 2. The van der Waals surface area contributed by atoms with Crippen molar-refractivity contribution in [3.05, 3.63) is 12.2 Å². The van der Waals surface area contributed by atoms with Gasteiger partial charge in [0.15, 0.2) is 0 Å². The zero-order valence-electron chi connectivity index (χ0n) is 15.0. The highest BCUT2D eigenvalue weighted by molar-refractivity contribution is 6.06. The van der Waals surface area contributed by atoms with Crippen LogP contribution >= 0.6 is 0 Å². The van der Waals surface area contributed by atoms with E-state index in [0.29, 0.717) is 25.0 Å². The van der Waals surface area contributed by atoms with Gasteiger partial charge in [0.2, 0.25) is 17.7 Å². The molecule has 4 fully saturated rings. The number of hydrogen-bond acceptors (Lipinski definition) is 4. The molecule has 2 aliphatic heterocycles. The van der Waals surface area contributed by atoms with Crippen LogP contribution in [0.25, 0.3) is 0 Å². The molecule has 7 atom stereocenters. The highest BCUT2D eigenvalue weighted by Crippen LogP contribution is 2.52. The second-order valence-electron chi connectivity index (χ2n) is 8.73. The number of allylic oxidation sites excluding steroid dienone is 2. The molecule has 140 valence electrons. The summed E-state index contributed by atoms with van der Waals surface area (Å²) < 4.78 is 0. The van der Waals surface area contributed by atoms with Crippen molar-refractivity contribution in [1.82, 2.24) is 15.5 Å². The van der Waals surface area contributed by atoms with Crippen LogP contribution in [-0.2, 0) is 14.4 Å². The zero-order chi connectivity index (χ0) is 17.8. The molecule has 2 bridgehead atoms. The van der Waals surface area contributed by atoms with Gasteiger partial charge in [0, 0.05) is 19.1 Å². The SMILES string of the molecule is O=C(NCCN1C(=O)C2C3C=CC(C3)C2C1=O)C1CC2CCCCC2N1. The summed E-state index contributed by atoms with van der Waals surface area (Å²) in [6.45, 7) is 0.654. The quantitative estimate of drug-likeness (QED) is 0.577. The Hall–Kier alpha value is -1.69. The van der Waals surface area contributed by atoms with Crippen molar-refractivity contribution in [3.8, 4) is 0 Å². The van der Waals surface area contributed by atoms with E-state index in [1.54, 1.807) is 0 Å². The Kier molecular flexibility index (Phi) is 3.92. The average molecular weight is 357 g/mol. The molecule has 6 heteroatoms. The van der Waals surface area contributed by atoms with Gasteiger partial charge in [-0.3, -0.25) is 19.3 Å². The molecule has 3 aliphatic carbocycles. The normalized spacial score (nSPS) is 43.1. The first-order valence-electron chi connectivity index (χ1n) is 10.2. The van der Waals surface area contributed by atoms with Crippen LogP contribution in [0.1, 0.15) is 38.5 Å². The summed E-state index contributed by atoms with van der Waals surface area (Å²) in [5.74, 6) is 0.774. The van der Waals surface area contributed by atoms with Crippen molar-refractivity contribution < 1.29 is 14.4 Å². The minimum absolute atomic E-state index is 0.0143. The summed E-state index contributed by atoms with van der Waals surface area (Å²) in [6.07, 6.45) is 11.0. The Morgan fingerprint density at radius 2 is 1.77 bits per heavy atom. The van der Waals surface area contributed by atoms with Gasteiger partial charge < -0.3 is 10.6 Å². The summed E-state index contributed by atoms with van der Waals surface area (Å²) in [5, 5.41) is 6.42. The van der Waals surface area contributed by atoms with Crippen LogP contribution in [0.3, 0.4) is 0 Å². The van der Waals surface area contributed by atoms with Gasteiger partial charge in [0.05, 0.1) is 17.9 Å². The van der Waals surface area contributed by atoms with E-state index in [2.05, 4.69) is 22.8 Å². The molecule has 0 aromatic carbocycles. The minimum Gasteiger partial charge on any atom is -0.353 e. The standard InChI is InChI=1S/C20H27N3O3/c24-18(15-10-11-3-1-2-4-14(11)22-15)21-7-8-23-19(25)16-12-5-6-13(9-12)17(16)20(23)26/h5-6,11-17,22H,1-4,7-10H2,(H,21,24). The van der Waals surface area contributed by atoms with Crippen molar-refractivity contribution in [3.63, 3.8) is 0 Å². The summed E-state index contributed by atoms with van der Waals surface area (Å²) >= 11 is 0. The van der Waals surface area contributed by atoms with Gasteiger partial charge >= 0.3 is 0 Å². The molecule has 2 saturated heterocycles. The van der Waals surface area contributed by atoms with E-state index in [9.17, 15) is 14.4 Å². The molecule has 2 saturated carbocycles. The molecule has 0 radical (unpaired) electrons. The monoisotopic (exact) mass is 357 g/mol. The fourth-order valence-corrected chi connectivity index (χ4v) is 6.12. The van der Waals surface area contributed by atoms with Gasteiger partial charge in [-0.25, -0.2) is 0 Å². The van der Waals surface area contributed by atoms with Crippen LogP contribution in [0.15, 0.2) is 12.2 Å². The third kappa shape index (κ3) is 2.45. The first kappa shape index (κ1) is 16.5. The molecule has 0 aromatic heterocycles. The molecular weight excluding hydrogens is 330 g/mol. The molecule has 7 unspecified atom stereocenters. The van der Waals surface area contributed by atoms with Gasteiger partial charge in [-0.05, 0) is 43.4 Å². The predicted molar refractivity (Wildman–Crippen MR) is 94.7 cm³/mol. The van der Waals surface area contributed by atoms with Gasteiger partial charge in [-0.1, -0.05) is 25.0 Å². The summed E-state index contributed by atoms with van der Waals surface area (Å²) in [6, 6.07) is 0.371. The molecule has 26 heavy (non-hydrogen) atoms. The van der Waals surface area contributed by atoms with E-state index in [4.69, 9.17) is 0 Å². The number of likely N-dealkylation sites (tertiary alicyclic amines) is 1. The number of carbonyl (C=O) groups excluding carboxylic acids is 3. The molecule has 0 aromatic rings. The second-order valence-corrected chi connectivity index (χ2v) is 8.73. The van der Waals surface area contributed by atoms with Crippen molar-refractivity contribution in [2.45, 2.75) is 50.6 Å². The number of nitrogens with zero attached hydrogens (tertiary/aromatic N) is 1. The smallest absolute Gasteiger partial charge is 0.237 e. The fourth-order valence-electron chi connectivity index (χ4n) is 6.12. The number of imide groups is 1. The number of hydrogen-bond donors (Lipinski definition) is 2. The highest BCUT2D eigenvalue weighted by Gasteiger charge is 2.59. The number of carbonyl (C=O) groups is 3. The Morgan fingerprint density at radius 3 is 2.46 bits per heavy atom. The summed E-state index contributed by atoms with van der Waals surface area (Å²) in [5.41, 5.74) is 0. The van der Waals surface area contributed by atoms with Crippen LogP contribution in [-0.4, -0.2) is 47.8 Å². The zero-order valence-corrected chi connectivity index (χ0v) is 15.0. The third-order valence-corrected chi connectivity index (χ3v) is 7.38. The van der Waals surface area contributed by atoms with Crippen molar-refractivity contribution in [2.24, 2.45) is 29.6 Å². The van der Waals surface area contributed by atoms with Crippen LogP contribution in [0, 0.1) is 29.6 Å². The summed E-state index contributed by atoms with van der Waals surface area (Å²) in [4.78, 5) is 39.1. The molecule has 2 N–H and O–H groups in total. The average Bonchev–Trinajstić information content (AvgIpc) is 3.40. The topological polar surface area (TPSA) is 78.5 Å². The van der Waals surface area contributed by atoms with E-state index in [1.165, 1.54) is 30.6 Å². The first-order valence-corrected chi connectivity index (χ1v) is 10.2. The van der Waals surface area contributed by atoms with Gasteiger partial charge in [-0.15, -0.1) is 0 Å². The lowest BCUT2D eigenvalue weighted by atomic mass is 9.85. The van der Waals surface area contributed by atoms with Gasteiger partial charge in [0.1, 0.15) is 0 Å². The summed E-state index contributed by atoms with van der Waals surface area (Å²) in [7, 11) is 0. The minimum atomic E-state index is -0.146. The molecule has 0 spiro atoms. The van der Waals surface area contributed by atoms with E-state index < -0.39 is 0 Å². The largest absolute Gasteiger partial charge is 0.353 e. The fraction of sp³-hybridized carbons (Fsp3) is 0.750. The molecule has 6 nitrogen and oxygen atoms in total. The first-order chi connectivity index (χ1) is 12.6. The predicted octanol–water partition coefficient (Wildman–Crippen LogP) is 0.830. The van der Waals surface area contributed by atoms with Crippen LogP contribution < -0.4 is 10.6 Å². The van der Waals surface area contributed by atoms with Gasteiger partial charge in [0.25, 0.3) is 0 Å². The lowest BCUT2D eigenvalue weighted by molar-refractivity contribution is -0.141. The highest BCUT2D eigenvalue weighted by atomic mass is 16.2. The molecule has 3 amide bonds. The maximum Gasteiger partial charge on any atom is 0.237 e. The lowest BCUT2D eigenvalue weighted by Gasteiger charge is -2.24. The molecular formula is C20H27N3O3. The number of fused-ring (bicyclic) bond motifs is 6. The second kappa shape index (κ2) is 6.19. The Morgan fingerprint density at radius 1 is 1.08 bits per heavy atom. The Bertz CT molecular complexity index is 631. The van der Waals surface area contributed by atoms with Crippen molar-refractivity contribution in [2.75, 3.05) is 13.1 Å². The van der Waals surface area contributed by atoms with E-state index in [0.717, 1.165) is 12.8 Å².